The summed E-state index contributed by atoms with van der Waals surface area (Å²) in [5, 5.41) is 11.6. The van der Waals surface area contributed by atoms with Crippen LogP contribution in [0.3, 0.4) is 0 Å². The molecule has 0 amide bonds. The molecule has 2 aromatic rings. The average molecular weight is 496 g/mol. The van der Waals surface area contributed by atoms with Crippen LogP contribution in [0.2, 0.25) is 0 Å². The second-order valence-electron chi connectivity index (χ2n) is 7.73. The zero-order valence-electron chi connectivity index (χ0n) is 17.5. The van der Waals surface area contributed by atoms with Crippen LogP contribution in [0.15, 0.2) is 41.5 Å². The van der Waals surface area contributed by atoms with E-state index in [1.165, 1.54) is 5.56 Å². The van der Waals surface area contributed by atoms with Crippen molar-refractivity contribution in [1.82, 2.24) is 25.3 Å². The van der Waals surface area contributed by atoms with Gasteiger partial charge in [0.15, 0.2) is 5.96 Å². The Labute approximate surface area is 185 Å². The van der Waals surface area contributed by atoms with E-state index in [0.717, 1.165) is 30.4 Å². The number of hydrogen-bond donors (Lipinski definition) is 2. The van der Waals surface area contributed by atoms with Crippen LogP contribution in [0.1, 0.15) is 32.0 Å². The highest BCUT2D eigenvalue weighted by Crippen LogP contribution is 2.19. The summed E-state index contributed by atoms with van der Waals surface area (Å²) < 4.78 is 1.93. The number of benzene rings is 1. The van der Waals surface area contributed by atoms with Crippen molar-refractivity contribution in [3.05, 3.63) is 47.8 Å². The van der Waals surface area contributed by atoms with Crippen LogP contribution in [0.4, 0.5) is 0 Å². The number of nitrogens with zero attached hydrogens (tertiary/aromatic N) is 4. The van der Waals surface area contributed by atoms with Gasteiger partial charge in [0, 0.05) is 45.0 Å². The number of guanidine groups is 1. The molecule has 1 fully saturated rings. The first-order valence-electron chi connectivity index (χ1n) is 9.79. The second kappa shape index (κ2) is 10.2. The fraction of sp³-hybridized carbons (Fsp3) is 0.524. The number of aryl methyl sites for hydroxylation is 1. The van der Waals surface area contributed by atoms with Crippen LogP contribution in [0.5, 0.6) is 0 Å². The highest BCUT2D eigenvalue weighted by molar-refractivity contribution is 14.0. The SMILES string of the molecule is CN=C(NCc1ccccc1-n1ccc(C)n1)NC1CN(C(C)C)CC1C.I. The Bertz CT molecular complexity index is 785. The molecule has 1 aromatic heterocycles. The Morgan fingerprint density at radius 2 is 2.00 bits per heavy atom. The summed E-state index contributed by atoms with van der Waals surface area (Å²) in [4.78, 5) is 6.95. The molecule has 2 N–H and O–H groups in total. The van der Waals surface area contributed by atoms with Gasteiger partial charge in [0.05, 0.1) is 11.4 Å². The van der Waals surface area contributed by atoms with Crippen LogP contribution >= 0.6 is 24.0 Å². The highest BCUT2D eigenvalue weighted by Gasteiger charge is 2.31. The lowest BCUT2D eigenvalue weighted by Gasteiger charge is -2.22. The maximum absolute atomic E-state index is 4.54. The number of likely N-dealkylation sites (tertiary alicyclic amines) is 1. The molecule has 28 heavy (non-hydrogen) atoms. The van der Waals surface area contributed by atoms with Crippen molar-refractivity contribution >= 4 is 29.9 Å². The number of rotatable bonds is 5. The van der Waals surface area contributed by atoms with E-state index in [1.54, 1.807) is 0 Å². The fourth-order valence-corrected chi connectivity index (χ4v) is 3.60. The third-order valence-electron chi connectivity index (χ3n) is 5.32. The van der Waals surface area contributed by atoms with Gasteiger partial charge in [0.2, 0.25) is 0 Å². The number of aliphatic imine (C=N–C) groups is 1. The lowest BCUT2D eigenvalue weighted by atomic mass is 10.1. The molecule has 154 valence electrons. The Kier molecular flexibility index (Phi) is 8.30. The van der Waals surface area contributed by atoms with E-state index in [9.17, 15) is 0 Å². The van der Waals surface area contributed by atoms with E-state index < -0.39 is 0 Å². The molecule has 3 rings (SSSR count). The van der Waals surface area contributed by atoms with E-state index in [4.69, 9.17) is 0 Å². The van der Waals surface area contributed by atoms with Crippen LogP contribution in [0, 0.1) is 12.8 Å². The van der Waals surface area contributed by atoms with Gasteiger partial charge in [-0.05, 0) is 44.4 Å². The van der Waals surface area contributed by atoms with Gasteiger partial charge >= 0.3 is 0 Å². The molecule has 7 heteroatoms. The molecule has 1 saturated heterocycles. The van der Waals surface area contributed by atoms with Crippen molar-refractivity contribution in [3.8, 4) is 5.69 Å². The van der Waals surface area contributed by atoms with E-state index in [-0.39, 0.29) is 24.0 Å². The largest absolute Gasteiger partial charge is 0.352 e. The Morgan fingerprint density at radius 1 is 1.25 bits per heavy atom. The molecule has 0 aliphatic carbocycles. The quantitative estimate of drug-likeness (QED) is 0.380. The first kappa shape index (κ1) is 22.7. The Balaban J connectivity index is 0.00000280. The minimum absolute atomic E-state index is 0. The smallest absolute Gasteiger partial charge is 0.191 e. The highest BCUT2D eigenvalue weighted by atomic mass is 127. The number of aromatic nitrogens is 2. The van der Waals surface area contributed by atoms with E-state index >= 15 is 0 Å². The second-order valence-corrected chi connectivity index (χ2v) is 7.73. The van der Waals surface area contributed by atoms with Crippen LogP contribution in [-0.4, -0.2) is 52.9 Å². The van der Waals surface area contributed by atoms with Gasteiger partial charge in [-0.1, -0.05) is 25.1 Å². The third-order valence-corrected chi connectivity index (χ3v) is 5.32. The van der Waals surface area contributed by atoms with Crippen molar-refractivity contribution < 1.29 is 0 Å². The molecule has 0 spiro atoms. The van der Waals surface area contributed by atoms with Gasteiger partial charge in [-0.15, -0.1) is 24.0 Å². The maximum atomic E-state index is 4.54. The summed E-state index contributed by atoms with van der Waals surface area (Å²) in [6, 6.07) is 11.4. The van der Waals surface area contributed by atoms with Crippen molar-refractivity contribution in [2.75, 3.05) is 20.1 Å². The van der Waals surface area contributed by atoms with Crippen molar-refractivity contribution in [1.29, 1.82) is 0 Å². The van der Waals surface area contributed by atoms with Crippen molar-refractivity contribution in [2.45, 2.75) is 46.3 Å². The molecule has 1 aliphatic rings. The van der Waals surface area contributed by atoms with Gasteiger partial charge in [-0.25, -0.2) is 4.68 Å². The van der Waals surface area contributed by atoms with Crippen LogP contribution < -0.4 is 10.6 Å². The van der Waals surface area contributed by atoms with E-state index in [2.05, 4.69) is 64.6 Å². The minimum atomic E-state index is 0. The molecule has 2 atom stereocenters. The van der Waals surface area contributed by atoms with Crippen molar-refractivity contribution in [2.24, 2.45) is 10.9 Å². The molecule has 0 saturated carbocycles. The van der Waals surface area contributed by atoms with Gasteiger partial charge in [-0.3, -0.25) is 9.89 Å². The predicted molar refractivity (Wildman–Crippen MR) is 127 cm³/mol. The van der Waals surface area contributed by atoms with Crippen molar-refractivity contribution in [3.63, 3.8) is 0 Å². The summed E-state index contributed by atoms with van der Waals surface area (Å²) in [6.07, 6.45) is 2.00. The lowest BCUT2D eigenvalue weighted by Crippen LogP contribution is -2.46. The molecule has 0 bridgehead atoms. The summed E-state index contributed by atoms with van der Waals surface area (Å²) in [6.45, 7) is 11.7. The molecular weight excluding hydrogens is 463 g/mol. The predicted octanol–water partition coefficient (Wildman–Crippen LogP) is 3.19. The molecular formula is C21H33IN6. The van der Waals surface area contributed by atoms with Crippen LogP contribution in [-0.2, 0) is 6.54 Å². The molecule has 1 aliphatic heterocycles. The molecule has 0 radical (unpaired) electrons. The zero-order chi connectivity index (χ0) is 19.4. The molecule has 6 nitrogen and oxygen atoms in total. The van der Waals surface area contributed by atoms with Gasteiger partial charge in [0.25, 0.3) is 0 Å². The van der Waals surface area contributed by atoms with Gasteiger partial charge in [0.1, 0.15) is 0 Å². The normalized spacial score (nSPS) is 20.3. The summed E-state index contributed by atoms with van der Waals surface area (Å²) in [7, 11) is 1.83. The fourth-order valence-electron chi connectivity index (χ4n) is 3.60. The lowest BCUT2D eigenvalue weighted by molar-refractivity contribution is 0.265. The first-order chi connectivity index (χ1) is 13.0. The molecule has 2 heterocycles. The number of para-hydroxylation sites is 1. The van der Waals surface area contributed by atoms with Gasteiger partial charge < -0.3 is 10.6 Å². The Hall–Kier alpha value is -1.61. The number of hydrogen-bond acceptors (Lipinski definition) is 3. The summed E-state index contributed by atoms with van der Waals surface area (Å²) >= 11 is 0. The number of nitrogens with one attached hydrogen (secondary N) is 2. The van der Waals surface area contributed by atoms with E-state index in [0.29, 0.717) is 24.5 Å². The topological polar surface area (TPSA) is 57.5 Å². The standard InChI is InChI=1S/C21H32N6.HI/c1-15(2)26-13-16(3)19(14-26)24-21(22-5)23-12-18-8-6-7-9-20(18)27-11-10-17(4)25-27;/h6-11,15-16,19H,12-14H2,1-5H3,(H2,22,23,24);1H. The number of halogens is 1. The van der Waals surface area contributed by atoms with E-state index in [1.807, 2.05) is 37.0 Å². The first-order valence-corrected chi connectivity index (χ1v) is 9.79. The minimum Gasteiger partial charge on any atom is -0.352 e. The molecule has 2 unspecified atom stereocenters. The van der Waals surface area contributed by atoms with Gasteiger partial charge in [-0.2, -0.15) is 5.10 Å². The zero-order valence-corrected chi connectivity index (χ0v) is 19.8. The monoisotopic (exact) mass is 496 g/mol. The Morgan fingerprint density at radius 3 is 2.61 bits per heavy atom. The average Bonchev–Trinajstić information content (AvgIpc) is 3.25. The van der Waals surface area contributed by atoms with Crippen LogP contribution in [0.25, 0.3) is 5.69 Å². The summed E-state index contributed by atoms with van der Waals surface area (Å²) in [5.74, 6) is 1.45. The maximum Gasteiger partial charge on any atom is 0.191 e. The third kappa shape index (κ3) is 5.47. The summed E-state index contributed by atoms with van der Waals surface area (Å²) in [5.41, 5.74) is 3.29. The molecule has 1 aromatic carbocycles.